The lowest BCUT2D eigenvalue weighted by Gasteiger charge is -2.23. The summed E-state index contributed by atoms with van der Waals surface area (Å²) in [5, 5.41) is 9.16. The van der Waals surface area contributed by atoms with Crippen LogP contribution in [0, 0.1) is 13.8 Å². The second kappa shape index (κ2) is 7.51. The second-order valence-corrected chi connectivity index (χ2v) is 6.81. The van der Waals surface area contributed by atoms with E-state index in [1.807, 2.05) is 50.2 Å². The number of carbonyl (C=O) groups is 2. The van der Waals surface area contributed by atoms with Crippen molar-refractivity contribution in [3.8, 4) is 5.75 Å². The Morgan fingerprint density at radius 3 is 2.24 bits per heavy atom. The van der Waals surface area contributed by atoms with Crippen molar-refractivity contribution < 1.29 is 19.4 Å². The molecule has 0 radical (unpaired) electrons. The van der Waals surface area contributed by atoms with Gasteiger partial charge in [-0.25, -0.2) is 4.79 Å². The van der Waals surface area contributed by atoms with E-state index in [-0.39, 0.29) is 5.78 Å². The predicted molar refractivity (Wildman–Crippen MR) is 97.4 cm³/mol. The molecule has 4 nitrogen and oxygen atoms in total. The first kappa shape index (κ1) is 18.7. The second-order valence-electron chi connectivity index (χ2n) is 6.81. The Kier molecular flexibility index (Phi) is 5.62. The first-order chi connectivity index (χ1) is 11.7. The van der Waals surface area contributed by atoms with Crippen LogP contribution in [-0.2, 0) is 11.2 Å². The summed E-state index contributed by atoms with van der Waals surface area (Å²) in [4.78, 5) is 23.4. The Hall–Kier alpha value is -2.62. The monoisotopic (exact) mass is 340 g/mol. The van der Waals surface area contributed by atoms with Crippen molar-refractivity contribution >= 4 is 11.8 Å². The molecule has 0 saturated carbocycles. The highest BCUT2D eigenvalue weighted by Gasteiger charge is 2.29. The van der Waals surface area contributed by atoms with Gasteiger partial charge in [0.25, 0.3) is 0 Å². The van der Waals surface area contributed by atoms with Crippen LogP contribution in [0.25, 0.3) is 0 Å². The van der Waals surface area contributed by atoms with Crippen LogP contribution in [0.4, 0.5) is 0 Å². The third-order valence-electron chi connectivity index (χ3n) is 4.13. The normalized spacial score (nSPS) is 11.2. The average Bonchev–Trinajstić information content (AvgIpc) is 2.55. The lowest BCUT2D eigenvalue weighted by molar-refractivity contribution is -0.152. The maximum Gasteiger partial charge on any atom is 0.347 e. The first-order valence-electron chi connectivity index (χ1n) is 8.31. The molecule has 0 bridgehead atoms. The van der Waals surface area contributed by atoms with Crippen LogP contribution in [0.3, 0.4) is 0 Å². The molecule has 2 aromatic rings. The summed E-state index contributed by atoms with van der Waals surface area (Å²) < 4.78 is 5.59. The van der Waals surface area contributed by atoms with E-state index < -0.39 is 11.6 Å². The lowest BCUT2D eigenvalue weighted by atomic mass is 10.0. The van der Waals surface area contributed by atoms with Gasteiger partial charge in [0.2, 0.25) is 0 Å². The van der Waals surface area contributed by atoms with E-state index in [0.29, 0.717) is 18.6 Å². The van der Waals surface area contributed by atoms with Crippen LogP contribution in [0.15, 0.2) is 42.5 Å². The minimum absolute atomic E-state index is 0.116. The van der Waals surface area contributed by atoms with Gasteiger partial charge in [-0.05, 0) is 51.3 Å². The molecule has 0 aromatic heterocycles. The zero-order chi connectivity index (χ0) is 18.6. The number of Topliss-reactive ketones (excluding diaryl/α,β-unsaturated/α-hetero) is 1. The molecule has 2 aromatic carbocycles. The number of ketones is 1. The fourth-order valence-electron chi connectivity index (χ4n) is 2.44. The van der Waals surface area contributed by atoms with Crippen LogP contribution in [0.5, 0.6) is 5.75 Å². The average molecular weight is 340 g/mol. The fourth-order valence-corrected chi connectivity index (χ4v) is 2.44. The molecule has 132 valence electrons. The number of carbonyl (C=O) groups excluding carboxylic acids is 1. The Labute approximate surface area is 148 Å². The number of aliphatic carboxylic acids is 1. The van der Waals surface area contributed by atoms with E-state index in [9.17, 15) is 9.59 Å². The molecule has 25 heavy (non-hydrogen) atoms. The molecular weight excluding hydrogens is 316 g/mol. The molecule has 0 aliphatic carbocycles. The number of carboxylic acids is 1. The van der Waals surface area contributed by atoms with Gasteiger partial charge >= 0.3 is 5.97 Å². The van der Waals surface area contributed by atoms with Gasteiger partial charge in [0, 0.05) is 12.0 Å². The maximum absolute atomic E-state index is 12.3. The first-order valence-corrected chi connectivity index (χ1v) is 8.31. The smallest absolute Gasteiger partial charge is 0.347 e. The third-order valence-corrected chi connectivity index (χ3v) is 4.13. The highest BCUT2D eigenvalue weighted by atomic mass is 16.5. The Morgan fingerprint density at radius 2 is 1.68 bits per heavy atom. The van der Waals surface area contributed by atoms with Gasteiger partial charge in [-0.1, -0.05) is 42.0 Å². The molecular formula is C21H24O4. The van der Waals surface area contributed by atoms with Gasteiger partial charge in [-0.15, -0.1) is 0 Å². The molecule has 0 atom stereocenters. The van der Waals surface area contributed by atoms with Gasteiger partial charge in [0.15, 0.2) is 11.4 Å². The number of carboxylic acid groups (broad SMARTS) is 1. The summed E-state index contributed by atoms with van der Waals surface area (Å²) in [6.45, 7) is 6.90. The Morgan fingerprint density at radius 1 is 1.04 bits per heavy atom. The number of ether oxygens (including phenoxy) is 1. The molecule has 0 saturated heterocycles. The van der Waals surface area contributed by atoms with Crippen molar-refractivity contribution in [3.05, 3.63) is 64.7 Å². The van der Waals surface area contributed by atoms with Crippen LogP contribution >= 0.6 is 0 Å². The van der Waals surface area contributed by atoms with Crippen molar-refractivity contribution in [2.75, 3.05) is 0 Å². The molecule has 0 aliphatic heterocycles. The summed E-state index contributed by atoms with van der Waals surface area (Å²) in [6, 6.07) is 13.2. The van der Waals surface area contributed by atoms with E-state index >= 15 is 0 Å². The molecule has 0 unspecified atom stereocenters. The molecule has 0 fully saturated rings. The van der Waals surface area contributed by atoms with Crippen molar-refractivity contribution in [2.24, 2.45) is 0 Å². The summed E-state index contributed by atoms with van der Waals surface area (Å²) in [7, 11) is 0. The minimum atomic E-state index is -1.28. The third kappa shape index (κ3) is 4.92. The van der Waals surface area contributed by atoms with Crippen molar-refractivity contribution in [2.45, 2.75) is 46.1 Å². The highest BCUT2D eigenvalue weighted by molar-refractivity contribution is 5.96. The SMILES string of the molecule is Cc1ccc(C(=O)CCc2ccc(OC(C)(C)C(=O)O)c(C)c2)cc1. The summed E-state index contributed by atoms with van der Waals surface area (Å²) in [6.07, 6.45) is 1.07. The van der Waals surface area contributed by atoms with Crippen LogP contribution in [0.1, 0.15) is 47.3 Å². The minimum Gasteiger partial charge on any atom is -0.478 e. The Balaban J connectivity index is 2.02. The van der Waals surface area contributed by atoms with E-state index in [2.05, 4.69) is 0 Å². The number of rotatable bonds is 7. The van der Waals surface area contributed by atoms with Gasteiger partial charge in [-0.3, -0.25) is 4.79 Å². The largest absolute Gasteiger partial charge is 0.478 e. The fraction of sp³-hybridized carbons (Fsp3) is 0.333. The van der Waals surface area contributed by atoms with Crippen molar-refractivity contribution in [3.63, 3.8) is 0 Å². The zero-order valence-electron chi connectivity index (χ0n) is 15.1. The van der Waals surface area contributed by atoms with E-state index in [0.717, 1.165) is 22.3 Å². The molecule has 0 spiro atoms. The molecule has 1 N–H and O–H groups in total. The standard InChI is InChI=1S/C21H24O4/c1-14-5-9-17(10-6-14)18(22)11-7-16-8-12-19(15(2)13-16)25-21(3,4)20(23)24/h5-6,8-10,12-13H,7,11H2,1-4H3,(H,23,24). The van der Waals surface area contributed by atoms with Crippen LogP contribution in [-0.4, -0.2) is 22.5 Å². The van der Waals surface area contributed by atoms with E-state index in [4.69, 9.17) is 9.84 Å². The molecule has 4 heteroatoms. The van der Waals surface area contributed by atoms with E-state index in [1.54, 1.807) is 6.07 Å². The maximum atomic E-state index is 12.3. The van der Waals surface area contributed by atoms with Gasteiger partial charge in [-0.2, -0.15) is 0 Å². The molecule has 2 rings (SSSR count). The van der Waals surface area contributed by atoms with Crippen molar-refractivity contribution in [1.29, 1.82) is 0 Å². The highest BCUT2D eigenvalue weighted by Crippen LogP contribution is 2.25. The number of hydrogen-bond donors (Lipinski definition) is 1. The number of benzene rings is 2. The molecule has 0 heterocycles. The van der Waals surface area contributed by atoms with Crippen LogP contribution in [0.2, 0.25) is 0 Å². The number of aryl methyl sites for hydroxylation is 3. The molecule has 0 aliphatic rings. The van der Waals surface area contributed by atoms with Crippen LogP contribution < -0.4 is 4.74 Å². The van der Waals surface area contributed by atoms with Gasteiger partial charge in [0.1, 0.15) is 5.75 Å². The quantitative estimate of drug-likeness (QED) is 0.761. The van der Waals surface area contributed by atoms with Crippen molar-refractivity contribution in [1.82, 2.24) is 0 Å². The van der Waals surface area contributed by atoms with Gasteiger partial charge in [0.05, 0.1) is 0 Å². The number of hydrogen-bond acceptors (Lipinski definition) is 3. The van der Waals surface area contributed by atoms with Gasteiger partial charge < -0.3 is 9.84 Å². The topological polar surface area (TPSA) is 63.6 Å². The summed E-state index contributed by atoms with van der Waals surface area (Å²) >= 11 is 0. The predicted octanol–water partition coefficient (Wildman–Crippen LogP) is 4.36. The summed E-state index contributed by atoms with van der Waals surface area (Å²) in [5.74, 6) is -0.356. The Bertz CT molecular complexity index is 773. The summed E-state index contributed by atoms with van der Waals surface area (Å²) in [5.41, 5.74) is 2.46. The zero-order valence-corrected chi connectivity index (χ0v) is 15.1. The molecule has 0 amide bonds. The lowest BCUT2D eigenvalue weighted by Crippen LogP contribution is -2.38. The van der Waals surface area contributed by atoms with E-state index in [1.165, 1.54) is 13.8 Å².